The maximum Gasteiger partial charge on any atom is 0.192 e. The van der Waals surface area contributed by atoms with Crippen LogP contribution in [-0.2, 0) is 11.0 Å². The minimum Gasteiger partial charge on any atom is -0.415 e. The Balaban J connectivity index is 1.26. The van der Waals surface area contributed by atoms with Gasteiger partial charge in [0.1, 0.15) is 22.9 Å². The Morgan fingerprint density at radius 2 is 1.71 bits per heavy atom. The quantitative estimate of drug-likeness (QED) is 0.365. The van der Waals surface area contributed by atoms with E-state index in [0.29, 0.717) is 0 Å². The number of pyridine rings is 2. The van der Waals surface area contributed by atoms with Crippen molar-refractivity contribution < 1.29 is 4.43 Å². The van der Waals surface area contributed by atoms with Crippen molar-refractivity contribution in [3.8, 4) is 0 Å². The Kier molecular flexibility index (Phi) is 5.89. The predicted molar refractivity (Wildman–Crippen MR) is 142 cm³/mol. The number of aromatic nitrogens is 4. The molecule has 0 aromatic carbocycles. The van der Waals surface area contributed by atoms with Crippen LogP contribution in [0.5, 0.6) is 0 Å². The number of nitrogens with zero attached hydrogens (tertiary/aromatic N) is 6. The van der Waals surface area contributed by atoms with Crippen molar-refractivity contribution in [1.82, 2.24) is 18.9 Å². The second-order valence-corrected chi connectivity index (χ2v) is 15.5. The maximum absolute atomic E-state index is 6.41. The molecule has 5 heterocycles. The van der Waals surface area contributed by atoms with Crippen molar-refractivity contribution in [3.05, 3.63) is 55.0 Å². The summed E-state index contributed by atoms with van der Waals surface area (Å²) >= 11 is 0. The third-order valence-corrected chi connectivity index (χ3v) is 12.1. The van der Waals surface area contributed by atoms with Crippen LogP contribution < -0.4 is 9.80 Å². The molecule has 0 aliphatic carbocycles. The lowest BCUT2D eigenvalue weighted by Crippen LogP contribution is -2.47. The van der Waals surface area contributed by atoms with Gasteiger partial charge in [-0.25, -0.2) is 9.97 Å². The Bertz CT molecular complexity index is 1280. The second-order valence-electron chi connectivity index (χ2n) is 10.7. The van der Waals surface area contributed by atoms with Crippen LogP contribution in [0.4, 0.5) is 11.6 Å². The van der Waals surface area contributed by atoms with E-state index in [9.17, 15) is 0 Å². The molecule has 0 radical (unpaired) electrons. The lowest BCUT2D eigenvalue weighted by Gasteiger charge is -2.37. The summed E-state index contributed by atoms with van der Waals surface area (Å²) in [7, 11) is -1.74. The normalized spacial score (nSPS) is 15.6. The Labute approximate surface area is 203 Å². The van der Waals surface area contributed by atoms with E-state index in [0.717, 1.165) is 56.4 Å². The predicted octanol–water partition coefficient (Wildman–Crippen LogP) is 5.03. The third-order valence-electron chi connectivity index (χ3n) is 7.53. The molecule has 5 rings (SSSR count). The van der Waals surface area contributed by atoms with Crippen molar-refractivity contribution >= 4 is 36.6 Å². The molecule has 1 aliphatic rings. The molecule has 4 aromatic rings. The van der Waals surface area contributed by atoms with E-state index in [1.807, 2.05) is 18.5 Å². The molecule has 0 atom stereocenters. The summed E-state index contributed by atoms with van der Waals surface area (Å²) in [6.07, 6.45) is 6.04. The molecule has 180 valence electrons. The molecule has 4 aromatic heterocycles. The van der Waals surface area contributed by atoms with Crippen LogP contribution >= 0.6 is 0 Å². The minimum atomic E-state index is -1.74. The highest BCUT2D eigenvalue weighted by molar-refractivity contribution is 6.74. The van der Waals surface area contributed by atoms with Gasteiger partial charge in [-0.05, 0) is 48.5 Å². The molecular weight excluding hydrogens is 440 g/mol. The zero-order chi connectivity index (χ0) is 23.9. The first-order chi connectivity index (χ1) is 16.2. The van der Waals surface area contributed by atoms with Crippen LogP contribution in [0.1, 0.15) is 20.8 Å². The van der Waals surface area contributed by atoms with Crippen LogP contribution in [-0.4, -0.2) is 60.0 Å². The van der Waals surface area contributed by atoms with Crippen LogP contribution in [0.2, 0.25) is 18.1 Å². The van der Waals surface area contributed by atoms with Gasteiger partial charge >= 0.3 is 0 Å². The van der Waals surface area contributed by atoms with E-state index in [2.05, 4.69) is 94.1 Å². The Morgan fingerprint density at radius 1 is 0.941 bits per heavy atom. The molecule has 1 fully saturated rings. The van der Waals surface area contributed by atoms with Crippen LogP contribution in [0, 0.1) is 0 Å². The molecule has 0 bridgehead atoms. The first-order valence-electron chi connectivity index (χ1n) is 12.2. The fourth-order valence-electron chi connectivity index (χ4n) is 4.38. The zero-order valence-electron chi connectivity index (χ0n) is 21.0. The summed E-state index contributed by atoms with van der Waals surface area (Å²) in [5.74, 6) is 2.26. The van der Waals surface area contributed by atoms with Crippen LogP contribution in [0.15, 0.2) is 55.0 Å². The number of hydrogen-bond donors (Lipinski definition) is 0. The average molecular weight is 477 g/mol. The molecule has 0 amide bonds. The van der Waals surface area contributed by atoms with Crippen LogP contribution in [0.25, 0.3) is 16.7 Å². The molecular formula is C26H36N6OSi. The number of rotatable bonds is 6. The standard InChI is InChI=1S/C26H36N6OSi/c1-26(2,3)34(4,5)33-20-19-31-13-11-21-9-10-23(28-25(21)31)29-15-17-30(18-16-29)24-8-6-7-22-27-12-14-32(22)24/h6-14H,15-20H2,1-5H3. The van der Waals surface area contributed by atoms with Crippen molar-refractivity contribution in [2.75, 3.05) is 42.6 Å². The van der Waals surface area contributed by atoms with Gasteiger partial charge < -0.3 is 18.8 Å². The largest absolute Gasteiger partial charge is 0.415 e. The van der Waals surface area contributed by atoms with Gasteiger partial charge in [0, 0.05) is 56.7 Å². The molecule has 0 saturated carbocycles. The monoisotopic (exact) mass is 476 g/mol. The SMILES string of the molecule is CC(C)(C)[Si](C)(C)OCCn1ccc2ccc(N3CCN(c4cccc5nccn45)CC3)nc21. The van der Waals surface area contributed by atoms with Crippen molar-refractivity contribution in [2.24, 2.45) is 0 Å². The molecule has 0 spiro atoms. The summed E-state index contributed by atoms with van der Waals surface area (Å²) in [5, 5.41) is 1.41. The van der Waals surface area contributed by atoms with E-state index in [1.54, 1.807) is 0 Å². The second kappa shape index (κ2) is 8.74. The molecule has 8 heteroatoms. The van der Waals surface area contributed by atoms with Gasteiger partial charge in [0.15, 0.2) is 8.32 Å². The Morgan fingerprint density at radius 3 is 2.47 bits per heavy atom. The van der Waals surface area contributed by atoms with Crippen molar-refractivity contribution in [1.29, 1.82) is 0 Å². The summed E-state index contributed by atoms with van der Waals surface area (Å²) < 4.78 is 10.8. The number of fused-ring (bicyclic) bond motifs is 2. The highest BCUT2D eigenvalue weighted by atomic mass is 28.4. The Hall–Kier alpha value is -2.84. The van der Waals surface area contributed by atoms with E-state index in [4.69, 9.17) is 9.41 Å². The van der Waals surface area contributed by atoms with E-state index in [-0.39, 0.29) is 5.04 Å². The maximum atomic E-state index is 6.41. The lowest BCUT2D eigenvalue weighted by atomic mass is 10.2. The number of piperazine rings is 1. The van der Waals surface area contributed by atoms with Gasteiger partial charge in [-0.15, -0.1) is 0 Å². The third kappa shape index (κ3) is 4.32. The van der Waals surface area contributed by atoms with Crippen molar-refractivity contribution in [2.45, 2.75) is 45.4 Å². The van der Waals surface area contributed by atoms with Crippen molar-refractivity contribution in [3.63, 3.8) is 0 Å². The highest BCUT2D eigenvalue weighted by Crippen LogP contribution is 2.36. The fourth-order valence-corrected chi connectivity index (χ4v) is 5.41. The smallest absolute Gasteiger partial charge is 0.192 e. The molecule has 1 aliphatic heterocycles. The number of hydrogen-bond acceptors (Lipinski definition) is 5. The average Bonchev–Trinajstić information content (AvgIpc) is 3.45. The molecule has 0 unspecified atom stereocenters. The van der Waals surface area contributed by atoms with Gasteiger partial charge in [0.2, 0.25) is 0 Å². The van der Waals surface area contributed by atoms with Gasteiger partial charge in [-0.2, -0.15) is 0 Å². The van der Waals surface area contributed by atoms with Gasteiger partial charge in [0.05, 0.1) is 6.61 Å². The summed E-state index contributed by atoms with van der Waals surface area (Å²) in [6, 6.07) is 12.8. The highest BCUT2D eigenvalue weighted by Gasteiger charge is 2.36. The molecule has 34 heavy (non-hydrogen) atoms. The summed E-state index contributed by atoms with van der Waals surface area (Å²) in [5.41, 5.74) is 2.03. The number of anilines is 2. The molecule has 1 saturated heterocycles. The summed E-state index contributed by atoms with van der Waals surface area (Å²) in [4.78, 5) is 14.3. The first-order valence-corrected chi connectivity index (χ1v) is 15.2. The fraction of sp³-hybridized carbons (Fsp3) is 0.462. The van der Waals surface area contributed by atoms with Gasteiger partial charge in [-0.1, -0.05) is 26.8 Å². The van der Waals surface area contributed by atoms with E-state index in [1.165, 1.54) is 11.2 Å². The van der Waals surface area contributed by atoms with E-state index >= 15 is 0 Å². The lowest BCUT2D eigenvalue weighted by molar-refractivity contribution is 0.273. The zero-order valence-corrected chi connectivity index (χ0v) is 22.0. The number of imidazole rings is 1. The van der Waals surface area contributed by atoms with Gasteiger partial charge in [-0.3, -0.25) is 4.40 Å². The minimum absolute atomic E-state index is 0.225. The van der Waals surface area contributed by atoms with E-state index < -0.39 is 8.32 Å². The molecule has 0 N–H and O–H groups in total. The first kappa shape index (κ1) is 22.9. The van der Waals surface area contributed by atoms with Crippen LogP contribution in [0.3, 0.4) is 0 Å². The topological polar surface area (TPSA) is 50.8 Å². The van der Waals surface area contributed by atoms with Gasteiger partial charge in [0.25, 0.3) is 0 Å². The summed E-state index contributed by atoms with van der Waals surface area (Å²) in [6.45, 7) is 16.8. The molecule has 7 nitrogen and oxygen atoms in total.